The van der Waals surface area contributed by atoms with Gasteiger partial charge in [-0.3, -0.25) is 9.59 Å². The summed E-state index contributed by atoms with van der Waals surface area (Å²) >= 11 is 0. The molecule has 1 rings (SSSR count). The van der Waals surface area contributed by atoms with Crippen molar-refractivity contribution in [2.75, 3.05) is 6.61 Å². The molecule has 3 heteroatoms. The Balaban J connectivity index is 2.56. The van der Waals surface area contributed by atoms with Crippen molar-refractivity contribution in [2.24, 2.45) is 0 Å². The molecule has 0 amide bonds. The van der Waals surface area contributed by atoms with E-state index in [-0.39, 0.29) is 18.2 Å². The third kappa shape index (κ3) is 5.31. The third-order valence-corrected chi connectivity index (χ3v) is 2.18. The molecule has 0 fully saturated rings. The molecule has 94 valence electrons. The Hall–Kier alpha value is -2.08. The second kappa shape index (κ2) is 7.29. The molecule has 0 unspecified atom stereocenters. The van der Waals surface area contributed by atoms with Crippen LogP contribution < -0.4 is 0 Å². The molecule has 3 nitrogen and oxygen atoms in total. The molecule has 0 N–H and O–H groups in total. The first-order valence-corrected chi connectivity index (χ1v) is 5.84. The lowest BCUT2D eigenvalue weighted by Crippen LogP contribution is -2.01. The summed E-state index contributed by atoms with van der Waals surface area (Å²) in [5.41, 5.74) is 1.80. The van der Waals surface area contributed by atoms with Gasteiger partial charge in [0.05, 0.1) is 6.61 Å². The van der Waals surface area contributed by atoms with Crippen molar-refractivity contribution in [2.45, 2.75) is 26.7 Å². The van der Waals surface area contributed by atoms with E-state index >= 15 is 0 Å². The van der Waals surface area contributed by atoms with E-state index in [2.05, 4.69) is 11.8 Å². The van der Waals surface area contributed by atoms with Gasteiger partial charge in [-0.1, -0.05) is 24.0 Å². The summed E-state index contributed by atoms with van der Waals surface area (Å²) in [4.78, 5) is 22.0. The quantitative estimate of drug-likeness (QED) is 0.602. The first-order valence-electron chi connectivity index (χ1n) is 5.84. The molecular weight excluding hydrogens is 228 g/mol. The minimum absolute atomic E-state index is 0.100. The molecule has 18 heavy (non-hydrogen) atoms. The van der Waals surface area contributed by atoms with E-state index in [1.807, 2.05) is 24.3 Å². The normalized spacial score (nSPS) is 9.22. The zero-order valence-electron chi connectivity index (χ0n) is 10.7. The third-order valence-electron chi connectivity index (χ3n) is 2.18. The van der Waals surface area contributed by atoms with Gasteiger partial charge >= 0.3 is 5.97 Å². The molecule has 0 heterocycles. The predicted octanol–water partition coefficient (Wildman–Crippen LogP) is 2.12. The van der Waals surface area contributed by atoms with Crippen molar-refractivity contribution in [3.8, 4) is 11.8 Å². The monoisotopic (exact) mass is 244 g/mol. The molecule has 0 bridgehead atoms. The first kappa shape index (κ1) is 14.0. The van der Waals surface area contributed by atoms with Crippen LogP contribution in [-0.2, 0) is 20.7 Å². The zero-order valence-corrected chi connectivity index (χ0v) is 10.7. The number of rotatable bonds is 4. The van der Waals surface area contributed by atoms with Crippen LogP contribution in [0.2, 0.25) is 0 Å². The smallest absolute Gasteiger partial charge is 0.317 e. The molecule has 0 aliphatic heterocycles. The summed E-state index contributed by atoms with van der Waals surface area (Å²) in [6.07, 6.45) is 0.541. The molecule has 0 radical (unpaired) electrons. The number of ether oxygens (including phenoxy) is 1. The van der Waals surface area contributed by atoms with Gasteiger partial charge in [0.25, 0.3) is 0 Å². The molecular formula is C15H16O3. The molecule has 0 aromatic heterocycles. The highest BCUT2D eigenvalue weighted by Gasteiger charge is 1.98. The summed E-state index contributed by atoms with van der Waals surface area (Å²) in [6.45, 7) is 3.70. The minimum Gasteiger partial charge on any atom is -0.465 e. The topological polar surface area (TPSA) is 43.4 Å². The maximum Gasteiger partial charge on any atom is 0.317 e. The van der Waals surface area contributed by atoms with Crippen molar-refractivity contribution < 1.29 is 14.3 Å². The van der Waals surface area contributed by atoms with Gasteiger partial charge in [0.15, 0.2) is 0 Å². The lowest BCUT2D eigenvalue weighted by atomic mass is 10.1. The highest BCUT2D eigenvalue weighted by Crippen LogP contribution is 2.04. The summed E-state index contributed by atoms with van der Waals surface area (Å²) in [5, 5.41) is 0. The molecule has 1 aromatic carbocycles. The van der Waals surface area contributed by atoms with Crippen LogP contribution in [0.5, 0.6) is 0 Å². The molecule has 0 aliphatic carbocycles. The van der Waals surface area contributed by atoms with Gasteiger partial charge in [0.2, 0.25) is 0 Å². The number of carbonyl (C=O) groups excluding carboxylic acids is 2. The van der Waals surface area contributed by atoms with Crippen LogP contribution in [0.4, 0.5) is 0 Å². The Morgan fingerprint density at radius 1 is 1.22 bits per heavy atom. The number of hydrogen-bond donors (Lipinski definition) is 0. The highest BCUT2D eigenvalue weighted by atomic mass is 16.5. The fourth-order valence-corrected chi connectivity index (χ4v) is 1.42. The lowest BCUT2D eigenvalue weighted by Gasteiger charge is -1.97. The number of Topliss-reactive ketones (excluding diaryl/α,β-unsaturated/α-hetero) is 1. The summed E-state index contributed by atoms with van der Waals surface area (Å²) in [5.74, 6) is 5.46. The van der Waals surface area contributed by atoms with E-state index < -0.39 is 0 Å². The van der Waals surface area contributed by atoms with Crippen molar-refractivity contribution in [1.82, 2.24) is 0 Å². The number of carbonyl (C=O) groups is 2. The largest absolute Gasteiger partial charge is 0.465 e. The van der Waals surface area contributed by atoms with Gasteiger partial charge in [-0.05, 0) is 31.5 Å². The fourth-order valence-electron chi connectivity index (χ4n) is 1.42. The van der Waals surface area contributed by atoms with Crippen LogP contribution in [0.3, 0.4) is 0 Å². The minimum atomic E-state index is -0.307. The van der Waals surface area contributed by atoms with Gasteiger partial charge in [0.1, 0.15) is 12.2 Å². The molecule has 1 aromatic rings. The van der Waals surface area contributed by atoms with E-state index in [9.17, 15) is 9.59 Å². The van der Waals surface area contributed by atoms with E-state index in [4.69, 9.17) is 4.74 Å². The van der Waals surface area contributed by atoms with E-state index in [1.165, 1.54) is 0 Å². The van der Waals surface area contributed by atoms with Crippen LogP contribution in [0.25, 0.3) is 0 Å². The predicted molar refractivity (Wildman–Crippen MR) is 69.0 cm³/mol. The molecule has 0 saturated heterocycles. The van der Waals surface area contributed by atoms with Crippen LogP contribution in [0, 0.1) is 11.8 Å². The average molecular weight is 244 g/mol. The van der Waals surface area contributed by atoms with E-state index in [1.54, 1.807) is 13.8 Å². The van der Waals surface area contributed by atoms with Gasteiger partial charge < -0.3 is 4.74 Å². The van der Waals surface area contributed by atoms with Crippen LogP contribution >= 0.6 is 0 Å². The number of benzene rings is 1. The van der Waals surface area contributed by atoms with Crippen LogP contribution in [0.1, 0.15) is 31.4 Å². The first-order chi connectivity index (χ1) is 8.61. The van der Waals surface area contributed by atoms with E-state index in [0.717, 1.165) is 11.1 Å². The average Bonchev–Trinajstić information content (AvgIpc) is 2.31. The van der Waals surface area contributed by atoms with E-state index in [0.29, 0.717) is 13.0 Å². The number of esters is 1. The Kier molecular flexibility index (Phi) is 5.66. The second-order valence-corrected chi connectivity index (χ2v) is 3.86. The van der Waals surface area contributed by atoms with Crippen LogP contribution in [-0.4, -0.2) is 18.4 Å². The number of hydrogen-bond acceptors (Lipinski definition) is 3. The second-order valence-electron chi connectivity index (χ2n) is 3.86. The van der Waals surface area contributed by atoms with Gasteiger partial charge in [-0.15, -0.1) is 0 Å². The highest BCUT2D eigenvalue weighted by molar-refractivity contribution is 5.78. The molecule has 0 saturated carbocycles. The number of ketones is 1. The lowest BCUT2D eigenvalue weighted by molar-refractivity contribution is -0.141. The van der Waals surface area contributed by atoms with Gasteiger partial charge in [-0.25, -0.2) is 0 Å². The molecule has 0 spiro atoms. The fraction of sp³-hybridized carbons (Fsp3) is 0.333. The van der Waals surface area contributed by atoms with Crippen molar-refractivity contribution in [1.29, 1.82) is 0 Å². The molecule has 0 atom stereocenters. The van der Waals surface area contributed by atoms with Gasteiger partial charge in [-0.2, -0.15) is 0 Å². The summed E-state index contributed by atoms with van der Waals surface area (Å²) < 4.78 is 4.76. The Morgan fingerprint density at radius 2 is 1.89 bits per heavy atom. The maximum absolute atomic E-state index is 11.0. The maximum atomic E-state index is 11.0. The van der Waals surface area contributed by atoms with Gasteiger partial charge in [0, 0.05) is 12.0 Å². The zero-order chi connectivity index (χ0) is 13.4. The Morgan fingerprint density at radius 3 is 2.44 bits per heavy atom. The van der Waals surface area contributed by atoms with Crippen molar-refractivity contribution >= 4 is 11.8 Å². The standard InChI is InChI=1S/C15H16O3/c1-3-18-15(17)6-4-5-13-7-9-14(10-8-13)11-12(2)16/h7-10H,3,6,11H2,1-2H3. The van der Waals surface area contributed by atoms with Crippen molar-refractivity contribution in [3.05, 3.63) is 35.4 Å². The van der Waals surface area contributed by atoms with Crippen molar-refractivity contribution in [3.63, 3.8) is 0 Å². The van der Waals surface area contributed by atoms with Crippen LogP contribution in [0.15, 0.2) is 24.3 Å². The molecule has 0 aliphatic rings. The Labute approximate surface area is 107 Å². The Bertz CT molecular complexity index is 475. The summed E-state index contributed by atoms with van der Waals surface area (Å²) in [6, 6.07) is 7.43. The SMILES string of the molecule is CCOC(=O)CC#Cc1ccc(CC(C)=O)cc1. The summed E-state index contributed by atoms with van der Waals surface area (Å²) in [7, 11) is 0.